The number of aromatic nitrogens is 2. The highest BCUT2D eigenvalue weighted by molar-refractivity contribution is 5.95. The van der Waals surface area contributed by atoms with Gasteiger partial charge in [-0.25, -0.2) is 4.98 Å². The Morgan fingerprint density at radius 1 is 0.821 bits per heavy atom. The van der Waals surface area contributed by atoms with Crippen LogP contribution in [0.2, 0.25) is 0 Å². The van der Waals surface area contributed by atoms with Crippen molar-refractivity contribution in [1.29, 1.82) is 0 Å². The van der Waals surface area contributed by atoms with E-state index in [9.17, 15) is 0 Å². The first-order chi connectivity index (χ1) is 13.8. The maximum atomic E-state index is 5.59. The van der Waals surface area contributed by atoms with Crippen molar-refractivity contribution in [3.63, 3.8) is 0 Å². The molecule has 0 unspecified atom stereocenters. The lowest BCUT2D eigenvalue weighted by Crippen LogP contribution is -1.99. The zero-order valence-corrected chi connectivity index (χ0v) is 15.7. The molecule has 0 atom stereocenters. The molecule has 0 fully saturated rings. The summed E-state index contributed by atoms with van der Waals surface area (Å²) in [6.45, 7) is 0. The molecule has 5 rings (SSSR count). The van der Waals surface area contributed by atoms with E-state index in [4.69, 9.17) is 9.72 Å². The summed E-state index contributed by atoms with van der Waals surface area (Å²) in [6.07, 6.45) is 2.87. The minimum absolute atomic E-state index is 0.744. The van der Waals surface area contributed by atoms with E-state index in [2.05, 4.69) is 77.3 Å². The zero-order valence-electron chi connectivity index (χ0n) is 15.7. The van der Waals surface area contributed by atoms with Gasteiger partial charge in [-0.2, -0.15) is 0 Å². The van der Waals surface area contributed by atoms with Gasteiger partial charge in [0.05, 0.1) is 18.5 Å². The molecule has 3 nitrogen and oxygen atoms in total. The van der Waals surface area contributed by atoms with Crippen LogP contribution in [0, 0.1) is 0 Å². The van der Waals surface area contributed by atoms with Crippen LogP contribution in [-0.2, 0) is 6.42 Å². The van der Waals surface area contributed by atoms with Gasteiger partial charge in [-0.05, 0) is 17.5 Å². The molecule has 0 saturated carbocycles. The molecule has 3 heteroatoms. The molecule has 0 aliphatic rings. The van der Waals surface area contributed by atoms with Crippen molar-refractivity contribution in [2.75, 3.05) is 7.11 Å². The van der Waals surface area contributed by atoms with Crippen molar-refractivity contribution in [1.82, 2.24) is 9.38 Å². The molecule has 3 aromatic carbocycles. The van der Waals surface area contributed by atoms with Crippen LogP contribution in [0.3, 0.4) is 0 Å². The SMILES string of the molecule is COc1ccccc1Cc1c(-c2ccccc2)nc2c3ccccc3ccn12. The van der Waals surface area contributed by atoms with Gasteiger partial charge >= 0.3 is 0 Å². The Morgan fingerprint density at radius 2 is 1.57 bits per heavy atom. The van der Waals surface area contributed by atoms with Crippen LogP contribution in [-0.4, -0.2) is 16.5 Å². The Labute approximate surface area is 163 Å². The van der Waals surface area contributed by atoms with Crippen LogP contribution >= 0.6 is 0 Å². The lowest BCUT2D eigenvalue weighted by Gasteiger charge is -2.10. The number of fused-ring (bicyclic) bond motifs is 3. The summed E-state index contributed by atoms with van der Waals surface area (Å²) in [5.74, 6) is 0.900. The molecule has 0 bridgehead atoms. The van der Waals surface area contributed by atoms with E-state index in [1.807, 2.05) is 18.2 Å². The standard InChI is InChI=1S/C25H20N2O/c1-28-23-14-8-6-12-20(23)17-22-24(19-10-3-2-4-11-19)26-25-21-13-7-5-9-18(21)15-16-27(22)25/h2-16H,17H2,1H3. The van der Waals surface area contributed by atoms with E-state index >= 15 is 0 Å². The fourth-order valence-corrected chi connectivity index (χ4v) is 3.84. The highest BCUT2D eigenvalue weighted by atomic mass is 16.5. The monoisotopic (exact) mass is 364 g/mol. The van der Waals surface area contributed by atoms with Crippen molar-refractivity contribution >= 4 is 16.4 Å². The van der Waals surface area contributed by atoms with Gasteiger partial charge in [-0.3, -0.25) is 0 Å². The Bertz CT molecular complexity index is 1270. The van der Waals surface area contributed by atoms with Crippen LogP contribution in [0.15, 0.2) is 91.1 Å². The smallest absolute Gasteiger partial charge is 0.145 e. The van der Waals surface area contributed by atoms with E-state index in [0.29, 0.717) is 0 Å². The number of pyridine rings is 1. The van der Waals surface area contributed by atoms with Crippen molar-refractivity contribution in [3.8, 4) is 17.0 Å². The second-order valence-electron chi connectivity index (χ2n) is 6.86. The molecular formula is C25H20N2O. The molecule has 136 valence electrons. The number of nitrogens with zero attached hydrogens (tertiary/aromatic N) is 2. The fourth-order valence-electron chi connectivity index (χ4n) is 3.84. The van der Waals surface area contributed by atoms with E-state index in [0.717, 1.165) is 45.7 Å². The molecule has 0 aliphatic carbocycles. The van der Waals surface area contributed by atoms with Crippen LogP contribution in [0.1, 0.15) is 11.3 Å². The van der Waals surface area contributed by atoms with Crippen molar-refractivity contribution in [2.24, 2.45) is 0 Å². The Hall–Kier alpha value is -3.59. The fraction of sp³-hybridized carbons (Fsp3) is 0.0800. The van der Waals surface area contributed by atoms with Crippen LogP contribution < -0.4 is 4.74 Å². The van der Waals surface area contributed by atoms with Gasteiger partial charge in [0, 0.05) is 29.1 Å². The number of imidazole rings is 1. The molecule has 28 heavy (non-hydrogen) atoms. The molecule has 0 radical (unpaired) electrons. The highest BCUT2D eigenvalue weighted by Gasteiger charge is 2.17. The van der Waals surface area contributed by atoms with E-state index in [1.54, 1.807) is 7.11 Å². The first kappa shape index (κ1) is 16.6. The summed E-state index contributed by atoms with van der Waals surface area (Å²) >= 11 is 0. The minimum Gasteiger partial charge on any atom is -0.496 e. The molecule has 0 N–H and O–H groups in total. The molecule has 0 amide bonds. The van der Waals surface area contributed by atoms with Crippen molar-refractivity contribution < 1.29 is 4.74 Å². The lowest BCUT2D eigenvalue weighted by atomic mass is 10.0. The number of hydrogen-bond donors (Lipinski definition) is 0. The minimum atomic E-state index is 0.744. The second-order valence-corrected chi connectivity index (χ2v) is 6.86. The topological polar surface area (TPSA) is 26.5 Å². The van der Waals surface area contributed by atoms with Crippen LogP contribution in [0.4, 0.5) is 0 Å². The lowest BCUT2D eigenvalue weighted by molar-refractivity contribution is 0.410. The van der Waals surface area contributed by atoms with E-state index < -0.39 is 0 Å². The van der Waals surface area contributed by atoms with Gasteiger partial charge in [0.15, 0.2) is 0 Å². The summed E-state index contributed by atoms with van der Waals surface area (Å²) in [5.41, 5.74) is 5.44. The molecule has 5 aromatic rings. The summed E-state index contributed by atoms with van der Waals surface area (Å²) < 4.78 is 7.81. The predicted molar refractivity (Wildman–Crippen MR) is 114 cm³/mol. The first-order valence-corrected chi connectivity index (χ1v) is 9.41. The maximum absolute atomic E-state index is 5.59. The highest BCUT2D eigenvalue weighted by Crippen LogP contribution is 2.31. The average molecular weight is 364 g/mol. The Balaban J connectivity index is 1.79. The first-order valence-electron chi connectivity index (χ1n) is 9.41. The van der Waals surface area contributed by atoms with Crippen molar-refractivity contribution in [3.05, 3.63) is 102 Å². The summed E-state index contributed by atoms with van der Waals surface area (Å²) in [6, 6.07) is 29.1. The normalized spacial score (nSPS) is 11.2. The summed E-state index contributed by atoms with van der Waals surface area (Å²) in [5, 5.41) is 2.36. The van der Waals surface area contributed by atoms with Gasteiger partial charge in [0.1, 0.15) is 11.4 Å². The molecule has 2 aromatic heterocycles. The van der Waals surface area contributed by atoms with Crippen molar-refractivity contribution in [2.45, 2.75) is 6.42 Å². The predicted octanol–water partition coefficient (Wildman–Crippen LogP) is 5.75. The molecule has 2 heterocycles. The van der Waals surface area contributed by atoms with Gasteiger partial charge in [0.25, 0.3) is 0 Å². The quantitative estimate of drug-likeness (QED) is 0.406. The van der Waals surface area contributed by atoms with Gasteiger partial charge in [0.2, 0.25) is 0 Å². The van der Waals surface area contributed by atoms with Gasteiger partial charge in [-0.1, -0.05) is 72.8 Å². The second kappa shape index (κ2) is 6.86. The Kier molecular flexibility index (Phi) is 4.06. The Morgan fingerprint density at radius 3 is 2.43 bits per heavy atom. The number of ether oxygens (including phenoxy) is 1. The summed E-state index contributed by atoms with van der Waals surface area (Å²) in [7, 11) is 1.72. The van der Waals surface area contributed by atoms with Gasteiger partial charge < -0.3 is 9.14 Å². The third kappa shape index (κ3) is 2.72. The average Bonchev–Trinajstić information content (AvgIpc) is 3.13. The van der Waals surface area contributed by atoms with Crippen LogP contribution in [0.5, 0.6) is 5.75 Å². The summed E-state index contributed by atoms with van der Waals surface area (Å²) in [4.78, 5) is 5.08. The molecule has 0 saturated heterocycles. The van der Waals surface area contributed by atoms with Gasteiger partial charge in [-0.15, -0.1) is 0 Å². The number of methoxy groups -OCH3 is 1. The third-order valence-corrected chi connectivity index (χ3v) is 5.21. The van der Waals surface area contributed by atoms with E-state index in [1.165, 1.54) is 5.39 Å². The molecule has 0 spiro atoms. The number of rotatable bonds is 4. The zero-order chi connectivity index (χ0) is 18.9. The number of hydrogen-bond acceptors (Lipinski definition) is 2. The molecule has 0 aliphatic heterocycles. The molecular weight excluding hydrogens is 344 g/mol. The third-order valence-electron chi connectivity index (χ3n) is 5.21. The maximum Gasteiger partial charge on any atom is 0.145 e. The van der Waals surface area contributed by atoms with Crippen LogP contribution in [0.25, 0.3) is 27.7 Å². The largest absolute Gasteiger partial charge is 0.496 e. The van der Waals surface area contributed by atoms with E-state index in [-0.39, 0.29) is 0 Å². The number of benzene rings is 3. The number of para-hydroxylation sites is 1.